The molecule has 0 amide bonds. The monoisotopic (exact) mass is 877 g/mol. The Morgan fingerprint density at radius 2 is 0.838 bits per heavy atom. The average Bonchev–Trinajstić information content (AvgIpc) is 3.74. The molecule has 0 N–H and O–H groups in total. The lowest BCUT2D eigenvalue weighted by Gasteiger charge is -2.32. The summed E-state index contributed by atoms with van der Waals surface area (Å²) in [7, 11) is 0. The SMILES string of the molecule is CC(C)(C)c1cc(-c2cccc3cccc(-c4ccccc4N(c4ccccc4-c4ccc5oc6ccccc6c5c4)c4ccc(-c5ccccc5)cc4-c4ccccc4)c23)cc(C(C)(C)C)c1. The predicted octanol–water partition coefficient (Wildman–Crippen LogP) is 19.1. The fourth-order valence-corrected chi connectivity index (χ4v) is 9.94. The summed E-state index contributed by atoms with van der Waals surface area (Å²) >= 11 is 0. The van der Waals surface area contributed by atoms with Crippen LogP contribution in [0.3, 0.4) is 0 Å². The fourth-order valence-electron chi connectivity index (χ4n) is 9.94. The number of hydrogen-bond donors (Lipinski definition) is 0. The van der Waals surface area contributed by atoms with Crippen LogP contribution in [0, 0.1) is 0 Å². The van der Waals surface area contributed by atoms with E-state index in [4.69, 9.17) is 4.42 Å². The Bertz CT molecular complexity index is 3600. The summed E-state index contributed by atoms with van der Waals surface area (Å²) in [5.74, 6) is 0. The Morgan fingerprint density at radius 1 is 0.309 bits per heavy atom. The highest BCUT2D eigenvalue weighted by Gasteiger charge is 2.26. The molecule has 0 unspecified atom stereocenters. The van der Waals surface area contributed by atoms with E-state index >= 15 is 0 Å². The van der Waals surface area contributed by atoms with Crippen molar-refractivity contribution in [2.24, 2.45) is 0 Å². The highest BCUT2D eigenvalue weighted by atomic mass is 16.3. The van der Waals surface area contributed by atoms with Gasteiger partial charge in [-0.05, 0) is 114 Å². The highest BCUT2D eigenvalue weighted by Crippen LogP contribution is 2.50. The minimum atomic E-state index is -0.0221. The molecular formula is C66H55NO. The largest absolute Gasteiger partial charge is 0.456 e. The maximum absolute atomic E-state index is 6.35. The molecule has 0 atom stereocenters. The van der Waals surface area contributed by atoms with Gasteiger partial charge in [0.15, 0.2) is 0 Å². The molecule has 0 fully saturated rings. The number of benzene rings is 10. The van der Waals surface area contributed by atoms with E-state index in [0.29, 0.717) is 0 Å². The van der Waals surface area contributed by atoms with E-state index in [1.54, 1.807) is 0 Å². The van der Waals surface area contributed by atoms with E-state index < -0.39 is 0 Å². The van der Waals surface area contributed by atoms with Gasteiger partial charge in [-0.15, -0.1) is 0 Å². The van der Waals surface area contributed by atoms with Gasteiger partial charge in [-0.1, -0.05) is 224 Å². The van der Waals surface area contributed by atoms with Crippen LogP contribution in [0.5, 0.6) is 0 Å². The summed E-state index contributed by atoms with van der Waals surface area (Å²) < 4.78 is 6.35. The summed E-state index contributed by atoms with van der Waals surface area (Å²) in [6, 6.07) is 82.2. The first kappa shape index (κ1) is 42.7. The molecule has 0 bridgehead atoms. The molecule has 0 aliphatic rings. The third-order valence-corrected chi connectivity index (χ3v) is 13.6. The summed E-state index contributed by atoms with van der Waals surface area (Å²) in [6.45, 7) is 13.9. The second-order valence-corrected chi connectivity index (χ2v) is 20.2. The lowest BCUT2D eigenvalue weighted by atomic mass is 9.78. The van der Waals surface area contributed by atoms with Crippen molar-refractivity contribution in [1.82, 2.24) is 0 Å². The minimum absolute atomic E-state index is 0.0221. The van der Waals surface area contributed by atoms with Crippen molar-refractivity contribution in [3.05, 3.63) is 236 Å². The smallest absolute Gasteiger partial charge is 0.135 e. The average molecular weight is 878 g/mol. The van der Waals surface area contributed by atoms with E-state index in [9.17, 15) is 0 Å². The lowest BCUT2D eigenvalue weighted by molar-refractivity contribution is 0.569. The van der Waals surface area contributed by atoms with Gasteiger partial charge in [0.2, 0.25) is 0 Å². The van der Waals surface area contributed by atoms with Gasteiger partial charge in [-0.2, -0.15) is 0 Å². The number of anilines is 3. The molecule has 0 saturated carbocycles. The van der Waals surface area contributed by atoms with Gasteiger partial charge in [-0.25, -0.2) is 0 Å². The number of rotatable bonds is 8. The van der Waals surface area contributed by atoms with E-state index in [1.807, 2.05) is 6.07 Å². The quantitative estimate of drug-likeness (QED) is 0.151. The molecule has 0 saturated heterocycles. The molecule has 11 aromatic rings. The van der Waals surface area contributed by atoms with E-state index in [-0.39, 0.29) is 10.8 Å². The fraction of sp³-hybridized carbons (Fsp3) is 0.121. The van der Waals surface area contributed by atoms with E-state index in [0.717, 1.165) is 72.4 Å². The van der Waals surface area contributed by atoms with Gasteiger partial charge in [0.25, 0.3) is 0 Å². The van der Waals surface area contributed by atoms with Crippen molar-refractivity contribution >= 4 is 49.8 Å². The molecule has 0 aliphatic carbocycles. The lowest BCUT2D eigenvalue weighted by Crippen LogP contribution is -2.16. The second-order valence-electron chi connectivity index (χ2n) is 20.2. The molecule has 2 heteroatoms. The third-order valence-electron chi connectivity index (χ3n) is 13.6. The van der Waals surface area contributed by atoms with Gasteiger partial charge >= 0.3 is 0 Å². The molecule has 11 rings (SSSR count). The van der Waals surface area contributed by atoms with Crippen molar-refractivity contribution in [2.45, 2.75) is 52.4 Å². The van der Waals surface area contributed by atoms with Crippen LogP contribution in [0.25, 0.3) is 88.3 Å². The van der Waals surface area contributed by atoms with Crippen LogP contribution >= 0.6 is 0 Å². The molecule has 10 aromatic carbocycles. The number of hydrogen-bond acceptors (Lipinski definition) is 2. The summed E-state index contributed by atoms with van der Waals surface area (Å²) in [6.07, 6.45) is 0. The zero-order valence-corrected chi connectivity index (χ0v) is 39.7. The molecular weight excluding hydrogens is 823 g/mol. The topological polar surface area (TPSA) is 16.4 Å². The number of fused-ring (bicyclic) bond motifs is 4. The van der Waals surface area contributed by atoms with Crippen LogP contribution < -0.4 is 4.90 Å². The number of nitrogens with zero attached hydrogens (tertiary/aromatic N) is 1. The first-order valence-electron chi connectivity index (χ1n) is 23.8. The van der Waals surface area contributed by atoms with Gasteiger partial charge < -0.3 is 9.32 Å². The van der Waals surface area contributed by atoms with Crippen LogP contribution in [0.4, 0.5) is 17.1 Å². The molecule has 68 heavy (non-hydrogen) atoms. The van der Waals surface area contributed by atoms with Crippen molar-refractivity contribution in [3.63, 3.8) is 0 Å². The molecule has 0 radical (unpaired) electrons. The summed E-state index contributed by atoms with van der Waals surface area (Å²) in [4.78, 5) is 2.51. The second kappa shape index (κ2) is 17.0. The Hall–Kier alpha value is -7.94. The number of furan rings is 1. The van der Waals surface area contributed by atoms with Gasteiger partial charge in [-0.3, -0.25) is 0 Å². The Morgan fingerprint density at radius 3 is 1.53 bits per heavy atom. The molecule has 330 valence electrons. The van der Waals surface area contributed by atoms with Crippen LogP contribution in [0.15, 0.2) is 229 Å². The van der Waals surface area contributed by atoms with Crippen LogP contribution in [0.1, 0.15) is 52.7 Å². The summed E-state index contributed by atoms with van der Waals surface area (Å²) in [5.41, 5.74) is 19.3. The predicted molar refractivity (Wildman–Crippen MR) is 290 cm³/mol. The molecule has 1 aromatic heterocycles. The first-order valence-corrected chi connectivity index (χ1v) is 23.8. The zero-order chi connectivity index (χ0) is 46.6. The van der Waals surface area contributed by atoms with Crippen molar-refractivity contribution in [1.29, 1.82) is 0 Å². The normalized spacial score (nSPS) is 12.0. The van der Waals surface area contributed by atoms with Gasteiger partial charge in [0.05, 0.1) is 17.1 Å². The minimum Gasteiger partial charge on any atom is -0.456 e. The van der Waals surface area contributed by atoms with Crippen LogP contribution in [0.2, 0.25) is 0 Å². The van der Waals surface area contributed by atoms with Gasteiger partial charge in [0.1, 0.15) is 11.2 Å². The number of para-hydroxylation sites is 3. The first-order chi connectivity index (χ1) is 33.0. The van der Waals surface area contributed by atoms with E-state index in [1.165, 1.54) is 44.2 Å². The highest BCUT2D eigenvalue weighted by molar-refractivity contribution is 6.11. The summed E-state index contributed by atoms with van der Waals surface area (Å²) in [5, 5.41) is 4.66. The van der Waals surface area contributed by atoms with Crippen LogP contribution in [-0.2, 0) is 10.8 Å². The Labute approximate surface area is 400 Å². The Balaban J connectivity index is 1.20. The third kappa shape index (κ3) is 7.86. The van der Waals surface area contributed by atoms with Crippen molar-refractivity contribution in [3.8, 4) is 55.6 Å². The maximum atomic E-state index is 6.35. The molecule has 1 heterocycles. The molecule has 0 aliphatic heterocycles. The van der Waals surface area contributed by atoms with Gasteiger partial charge in [0, 0.05) is 27.5 Å². The molecule has 2 nitrogen and oxygen atoms in total. The van der Waals surface area contributed by atoms with Crippen molar-refractivity contribution < 1.29 is 4.42 Å². The van der Waals surface area contributed by atoms with Crippen LogP contribution in [-0.4, -0.2) is 0 Å². The maximum Gasteiger partial charge on any atom is 0.135 e. The molecule has 0 spiro atoms. The standard InChI is InChI=1S/C66H55NO/c1-65(2,3)50-39-49(40-51(43-50)66(4,5)6)53-30-19-25-46-26-20-31-56(64(46)53)54-28-14-17-33-60(54)67(61-37-35-47(44-21-9-7-10-22-44)41-57(61)45-23-11-8-12-24-45)59-32-16-13-27-52(59)48-36-38-63-58(42-48)55-29-15-18-34-62(55)68-63/h7-43H,1-6H3. The Kier molecular flexibility index (Phi) is 10.7. The van der Waals surface area contributed by atoms with Crippen molar-refractivity contribution in [2.75, 3.05) is 4.90 Å². The zero-order valence-electron chi connectivity index (χ0n) is 39.7. The van der Waals surface area contributed by atoms with E-state index in [2.05, 4.69) is 265 Å².